The molecule has 4 heteroatoms. The number of carbonyl (C=O) groups is 1. The lowest BCUT2D eigenvalue weighted by Crippen LogP contribution is -2.41. The number of ether oxygens (including phenoxy) is 1. The van der Waals surface area contributed by atoms with E-state index in [1.807, 2.05) is 6.08 Å². The minimum absolute atomic E-state index is 0.0216. The number of allylic oxidation sites excluding steroid dienone is 2. The molecule has 130 valence electrons. The number of carboxylic acid groups (broad SMARTS) is 1. The molecule has 1 heterocycles. The Balaban J connectivity index is 2.24. The van der Waals surface area contributed by atoms with Crippen LogP contribution in [0.5, 0.6) is 0 Å². The summed E-state index contributed by atoms with van der Waals surface area (Å²) in [6, 6.07) is 0. The van der Waals surface area contributed by atoms with Crippen molar-refractivity contribution < 1.29 is 19.7 Å². The molecule has 2 atom stereocenters. The van der Waals surface area contributed by atoms with Gasteiger partial charge in [0, 0.05) is 11.5 Å². The van der Waals surface area contributed by atoms with Gasteiger partial charge >= 0.3 is 5.97 Å². The van der Waals surface area contributed by atoms with E-state index in [0.717, 1.165) is 19.3 Å². The van der Waals surface area contributed by atoms with E-state index < -0.39 is 11.6 Å². The first-order valence-electron chi connectivity index (χ1n) is 8.29. The van der Waals surface area contributed by atoms with Gasteiger partial charge in [0.1, 0.15) is 5.60 Å². The summed E-state index contributed by atoms with van der Waals surface area (Å²) in [5.74, 6) is 4.51. The summed E-state index contributed by atoms with van der Waals surface area (Å²) in [6.45, 7) is 8.14. The minimum atomic E-state index is -1.02. The highest BCUT2D eigenvalue weighted by molar-refractivity contribution is 5.90. The van der Waals surface area contributed by atoms with Gasteiger partial charge in [-0.1, -0.05) is 25.7 Å². The van der Waals surface area contributed by atoms with Gasteiger partial charge in [-0.2, -0.15) is 0 Å². The molecule has 0 aromatic rings. The van der Waals surface area contributed by atoms with Crippen LogP contribution < -0.4 is 0 Å². The van der Waals surface area contributed by atoms with Crippen molar-refractivity contribution in [2.75, 3.05) is 6.61 Å². The zero-order valence-corrected chi connectivity index (χ0v) is 14.8. The van der Waals surface area contributed by atoms with Crippen LogP contribution in [0.15, 0.2) is 35.5 Å². The lowest BCUT2D eigenvalue weighted by Gasteiger charge is -2.36. The van der Waals surface area contributed by atoms with Crippen LogP contribution in [0.2, 0.25) is 0 Å². The predicted octanol–water partition coefficient (Wildman–Crippen LogP) is 3.23. The van der Waals surface area contributed by atoms with Crippen molar-refractivity contribution in [2.24, 2.45) is 5.41 Å². The first-order valence-corrected chi connectivity index (χ1v) is 8.29. The monoisotopic (exact) mass is 330 g/mol. The smallest absolute Gasteiger partial charge is 0.336 e. The molecule has 2 rings (SSSR count). The fraction of sp³-hybridized carbons (Fsp3) is 0.550. The van der Waals surface area contributed by atoms with Crippen molar-refractivity contribution in [1.82, 2.24) is 0 Å². The van der Waals surface area contributed by atoms with Gasteiger partial charge in [0.25, 0.3) is 0 Å². The molecule has 24 heavy (non-hydrogen) atoms. The first-order chi connectivity index (χ1) is 11.2. The molecule has 1 saturated carbocycles. The highest BCUT2D eigenvalue weighted by Gasteiger charge is 2.73. The topological polar surface area (TPSA) is 70.1 Å². The maximum Gasteiger partial charge on any atom is 0.336 e. The predicted molar refractivity (Wildman–Crippen MR) is 93.3 cm³/mol. The van der Waals surface area contributed by atoms with E-state index >= 15 is 0 Å². The molecule has 0 aromatic heterocycles. The summed E-state index contributed by atoms with van der Waals surface area (Å²) in [5.41, 5.74) is 0.223. The molecular formula is C20H26O4. The summed E-state index contributed by atoms with van der Waals surface area (Å²) >= 11 is 0. The number of aliphatic hydroxyl groups excluding tert-OH is 1. The number of aliphatic hydroxyl groups is 1. The highest BCUT2D eigenvalue weighted by atomic mass is 16.6. The Hall–Kier alpha value is -1.83. The van der Waals surface area contributed by atoms with Gasteiger partial charge in [-0.3, -0.25) is 0 Å². The Bertz CT molecular complexity index is 671. The first kappa shape index (κ1) is 18.5. The number of epoxide rings is 1. The Labute approximate surface area is 143 Å². The third kappa shape index (κ3) is 3.33. The maximum atomic E-state index is 11.5. The normalized spacial score (nSPS) is 32.0. The molecule has 0 amide bonds. The van der Waals surface area contributed by atoms with Gasteiger partial charge in [-0.05, 0) is 56.9 Å². The maximum absolute atomic E-state index is 11.5. The van der Waals surface area contributed by atoms with E-state index in [9.17, 15) is 9.90 Å². The molecule has 1 aliphatic carbocycles. The van der Waals surface area contributed by atoms with Gasteiger partial charge in [0.2, 0.25) is 0 Å². The Morgan fingerprint density at radius 2 is 2.00 bits per heavy atom. The number of rotatable bonds is 4. The van der Waals surface area contributed by atoms with E-state index in [4.69, 9.17) is 9.84 Å². The zero-order valence-electron chi connectivity index (χ0n) is 14.8. The van der Waals surface area contributed by atoms with E-state index in [0.29, 0.717) is 5.57 Å². The fourth-order valence-electron chi connectivity index (χ4n) is 3.71. The van der Waals surface area contributed by atoms with E-state index in [-0.39, 0.29) is 23.2 Å². The van der Waals surface area contributed by atoms with Crippen molar-refractivity contribution >= 4 is 5.97 Å². The van der Waals surface area contributed by atoms with Crippen molar-refractivity contribution in [3.63, 3.8) is 0 Å². The van der Waals surface area contributed by atoms with Crippen LogP contribution in [0.25, 0.3) is 0 Å². The fourth-order valence-corrected chi connectivity index (χ4v) is 3.71. The highest BCUT2D eigenvalue weighted by Crippen LogP contribution is 2.66. The molecular weight excluding hydrogens is 304 g/mol. The van der Waals surface area contributed by atoms with Gasteiger partial charge < -0.3 is 14.9 Å². The van der Waals surface area contributed by atoms with E-state index in [1.54, 1.807) is 19.1 Å². The number of carboxylic acids is 1. The van der Waals surface area contributed by atoms with Crippen LogP contribution in [0.3, 0.4) is 0 Å². The standard InChI is InChI=1S/C20H26O4/c1-15(10-14-21)7-5-8-16(17(22)23)9-13-20-18(2,3)11-6-12-19(20,4)24-20/h8-10,13,21H,6,11-12,14H2,1-4H3,(H,22,23)/b13-9+,15-10+,16-8-/t19-,20+/m1/s1. The van der Waals surface area contributed by atoms with Crippen LogP contribution in [-0.2, 0) is 9.53 Å². The molecule has 4 nitrogen and oxygen atoms in total. The molecule has 0 aromatic carbocycles. The molecule has 2 N–H and O–H groups in total. The van der Waals surface area contributed by atoms with Gasteiger partial charge in [-0.15, -0.1) is 0 Å². The second kappa shape index (κ2) is 6.58. The van der Waals surface area contributed by atoms with Crippen molar-refractivity contribution in [2.45, 2.75) is 58.2 Å². The van der Waals surface area contributed by atoms with Gasteiger partial charge in [0.05, 0.1) is 17.8 Å². The van der Waals surface area contributed by atoms with Crippen molar-refractivity contribution in [1.29, 1.82) is 0 Å². The third-order valence-electron chi connectivity index (χ3n) is 5.23. The Morgan fingerprint density at radius 3 is 2.58 bits per heavy atom. The lowest BCUT2D eigenvalue weighted by molar-refractivity contribution is -0.132. The van der Waals surface area contributed by atoms with Crippen LogP contribution in [0, 0.1) is 17.3 Å². The number of fused-ring (bicyclic) bond motifs is 1. The van der Waals surface area contributed by atoms with Crippen LogP contribution in [0.4, 0.5) is 0 Å². The van der Waals surface area contributed by atoms with E-state index in [2.05, 4.69) is 32.6 Å². The zero-order chi connectivity index (χ0) is 18.0. The summed E-state index contributed by atoms with van der Waals surface area (Å²) in [4.78, 5) is 11.5. The van der Waals surface area contributed by atoms with Crippen LogP contribution in [0.1, 0.15) is 47.0 Å². The second-order valence-corrected chi connectivity index (χ2v) is 7.38. The lowest BCUT2D eigenvalue weighted by atomic mass is 9.64. The number of hydrogen-bond acceptors (Lipinski definition) is 3. The molecule has 1 saturated heterocycles. The second-order valence-electron chi connectivity index (χ2n) is 7.38. The molecule has 2 aliphatic rings. The van der Waals surface area contributed by atoms with Gasteiger partial charge in [-0.25, -0.2) is 4.79 Å². The SMILES string of the molecule is C/C(C#C/C=C(/C=C/[C@@]12O[C@]1(C)CCCC2(C)C)C(=O)O)=C\CO. The largest absolute Gasteiger partial charge is 0.478 e. The average Bonchev–Trinajstić information content (AvgIpc) is 3.10. The summed E-state index contributed by atoms with van der Waals surface area (Å²) < 4.78 is 6.09. The molecule has 0 spiro atoms. The number of aliphatic carboxylic acids is 1. The van der Waals surface area contributed by atoms with E-state index in [1.165, 1.54) is 6.08 Å². The van der Waals surface area contributed by atoms with Crippen molar-refractivity contribution in [3.8, 4) is 11.8 Å². The van der Waals surface area contributed by atoms with Crippen LogP contribution in [-0.4, -0.2) is 34.0 Å². The summed E-state index contributed by atoms with van der Waals surface area (Å²) in [5, 5.41) is 18.2. The summed E-state index contributed by atoms with van der Waals surface area (Å²) in [6.07, 6.45) is 9.67. The number of hydrogen-bond donors (Lipinski definition) is 2. The Morgan fingerprint density at radius 1 is 1.29 bits per heavy atom. The summed E-state index contributed by atoms with van der Waals surface area (Å²) in [7, 11) is 0. The molecule has 1 aliphatic heterocycles. The quantitative estimate of drug-likeness (QED) is 0.359. The molecule has 0 bridgehead atoms. The Kier molecular flexibility index (Phi) is 5.08. The minimum Gasteiger partial charge on any atom is -0.478 e. The van der Waals surface area contributed by atoms with Gasteiger partial charge in [0.15, 0.2) is 0 Å². The van der Waals surface area contributed by atoms with Crippen LogP contribution >= 0.6 is 0 Å². The molecule has 0 radical (unpaired) electrons. The third-order valence-corrected chi connectivity index (χ3v) is 5.23. The molecule has 0 unspecified atom stereocenters. The molecule has 2 fully saturated rings. The average molecular weight is 330 g/mol. The van der Waals surface area contributed by atoms with Crippen molar-refractivity contribution in [3.05, 3.63) is 35.5 Å².